The molecule has 3 aromatic carbocycles. The summed E-state index contributed by atoms with van der Waals surface area (Å²) in [6, 6.07) is 24.7. The fraction of sp³-hybridized carbons (Fsp3) is 0.130. The zero-order valence-corrected chi connectivity index (χ0v) is 17.6. The van der Waals surface area contributed by atoms with Crippen LogP contribution >= 0.6 is 35.3 Å². The van der Waals surface area contributed by atoms with Gasteiger partial charge in [0.2, 0.25) is 0 Å². The zero-order chi connectivity index (χ0) is 18.5. The molecule has 1 heterocycles. The molecule has 4 aromatic rings. The number of thiophene rings is 1. The second-order valence-electron chi connectivity index (χ2n) is 6.36. The predicted molar refractivity (Wildman–Crippen MR) is 122 cm³/mol. The first kappa shape index (κ1) is 20.7. The van der Waals surface area contributed by atoms with Crippen molar-refractivity contribution in [2.24, 2.45) is 0 Å². The van der Waals surface area contributed by atoms with E-state index < -0.39 is 0 Å². The van der Waals surface area contributed by atoms with E-state index in [2.05, 4.69) is 59.2 Å². The summed E-state index contributed by atoms with van der Waals surface area (Å²) in [6.45, 7) is 2.14. The molecule has 5 heteroatoms. The van der Waals surface area contributed by atoms with E-state index >= 15 is 0 Å². The molecule has 0 aliphatic carbocycles. The molecule has 0 aliphatic heterocycles. The van der Waals surface area contributed by atoms with Gasteiger partial charge in [0.15, 0.2) is 0 Å². The van der Waals surface area contributed by atoms with Gasteiger partial charge in [0.1, 0.15) is 12.4 Å². The summed E-state index contributed by atoms with van der Waals surface area (Å²) in [5, 5.41) is 8.85. The summed E-state index contributed by atoms with van der Waals surface area (Å²) in [7, 11) is 0. The van der Waals surface area contributed by atoms with E-state index in [1.165, 1.54) is 21.2 Å². The molecule has 1 aromatic heterocycles. The lowest BCUT2D eigenvalue weighted by atomic mass is 10.0. The van der Waals surface area contributed by atoms with Crippen molar-refractivity contribution in [1.82, 2.24) is 5.32 Å². The van der Waals surface area contributed by atoms with Crippen LogP contribution in [0.2, 0.25) is 5.02 Å². The lowest BCUT2D eigenvalue weighted by molar-refractivity contribution is 0.302. The van der Waals surface area contributed by atoms with E-state index in [1.807, 2.05) is 24.3 Å². The van der Waals surface area contributed by atoms with Crippen molar-refractivity contribution in [3.63, 3.8) is 0 Å². The second-order valence-corrected chi connectivity index (χ2v) is 7.83. The highest BCUT2D eigenvalue weighted by molar-refractivity contribution is 7.09. The van der Waals surface area contributed by atoms with Crippen LogP contribution in [-0.4, -0.2) is 0 Å². The summed E-state index contributed by atoms with van der Waals surface area (Å²) in [5.41, 5.74) is 2.30. The van der Waals surface area contributed by atoms with Crippen LogP contribution in [0.5, 0.6) is 5.75 Å². The molecule has 0 atom stereocenters. The van der Waals surface area contributed by atoms with E-state index in [-0.39, 0.29) is 12.4 Å². The highest BCUT2D eigenvalue weighted by Gasteiger charge is 2.09. The van der Waals surface area contributed by atoms with Gasteiger partial charge in [-0.25, -0.2) is 0 Å². The SMILES string of the molecule is Cl.Clc1ccc(COc2ccc3ccccc3c2CNCc2cccs2)cc1. The third kappa shape index (κ3) is 5.06. The smallest absolute Gasteiger partial charge is 0.124 e. The van der Waals surface area contributed by atoms with E-state index in [0.29, 0.717) is 6.61 Å². The van der Waals surface area contributed by atoms with Crippen LogP contribution in [-0.2, 0) is 19.7 Å². The number of rotatable bonds is 7. The standard InChI is InChI=1S/C23H20ClNOS.ClH/c24-19-10-7-17(8-11-19)16-26-23-12-9-18-4-1-2-6-21(18)22(23)15-25-14-20-5-3-13-27-20;/h1-13,25H,14-16H2;1H. The molecule has 2 nitrogen and oxygen atoms in total. The summed E-state index contributed by atoms with van der Waals surface area (Å²) >= 11 is 7.74. The van der Waals surface area contributed by atoms with Gasteiger partial charge in [-0.05, 0) is 46.0 Å². The van der Waals surface area contributed by atoms with Crippen LogP contribution in [0.25, 0.3) is 10.8 Å². The van der Waals surface area contributed by atoms with E-state index in [0.717, 1.165) is 29.4 Å². The normalized spacial score (nSPS) is 10.6. The largest absolute Gasteiger partial charge is 0.489 e. The molecule has 4 rings (SSSR count). The second kappa shape index (κ2) is 9.94. The Hall–Kier alpha value is -2.04. The number of nitrogens with one attached hydrogen (secondary N) is 1. The van der Waals surface area contributed by atoms with Gasteiger partial charge in [-0.1, -0.05) is 60.1 Å². The van der Waals surface area contributed by atoms with Gasteiger partial charge >= 0.3 is 0 Å². The number of halogens is 2. The Bertz CT molecular complexity index is 1020. The van der Waals surface area contributed by atoms with Gasteiger partial charge in [0.05, 0.1) is 0 Å². The van der Waals surface area contributed by atoms with Gasteiger partial charge in [-0.15, -0.1) is 23.7 Å². The van der Waals surface area contributed by atoms with Crippen molar-refractivity contribution in [3.05, 3.63) is 99.2 Å². The predicted octanol–water partition coefficient (Wildman–Crippen LogP) is 6.85. The summed E-state index contributed by atoms with van der Waals surface area (Å²) in [5.74, 6) is 0.919. The molecule has 0 saturated heterocycles. The molecule has 0 fully saturated rings. The minimum Gasteiger partial charge on any atom is -0.489 e. The van der Waals surface area contributed by atoms with Crippen molar-refractivity contribution in [3.8, 4) is 5.75 Å². The van der Waals surface area contributed by atoms with Gasteiger partial charge in [0, 0.05) is 28.6 Å². The number of fused-ring (bicyclic) bond motifs is 1. The number of hydrogen-bond acceptors (Lipinski definition) is 3. The van der Waals surface area contributed by atoms with Crippen molar-refractivity contribution < 1.29 is 4.74 Å². The quantitative estimate of drug-likeness (QED) is 0.346. The fourth-order valence-electron chi connectivity index (χ4n) is 3.10. The molecular formula is C23H21Cl2NOS. The minimum atomic E-state index is 0. The average Bonchev–Trinajstić information content (AvgIpc) is 3.22. The lowest BCUT2D eigenvalue weighted by Gasteiger charge is -2.15. The molecular weight excluding hydrogens is 409 g/mol. The third-order valence-electron chi connectivity index (χ3n) is 4.49. The number of benzene rings is 3. The van der Waals surface area contributed by atoms with Gasteiger partial charge in [0.25, 0.3) is 0 Å². The number of ether oxygens (including phenoxy) is 1. The Kier molecular flexibility index (Phi) is 7.35. The maximum Gasteiger partial charge on any atom is 0.124 e. The molecule has 0 unspecified atom stereocenters. The highest BCUT2D eigenvalue weighted by Crippen LogP contribution is 2.29. The highest BCUT2D eigenvalue weighted by atomic mass is 35.5. The Labute approximate surface area is 180 Å². The minimum absolute atomic E-state index is 0. The third-order valence-corrected chi connectivity index (χ3v) is 5.61. The van der Waals surface area contributed by atoms with Crippen LogP contribution in [0.1, 0.15) is 16.0 Å². The summed E-state index contributed by atoms with van der Waals surface area (Å²) < 4.78 is 6.18. The maximum atomic E-state index is 6.18. The van der Waals surface area contributed by atoms with Gasteiger partial charge in [-0.3, -0.25) is 0 Å². The monoisotopic (exact) mass is 429 g/mol. The molecule has 0 aliphatic rings. The Morgan fingerprint density at radius 2 is 1.68 bits per heavy atom. The van der Waals surface area contributed by atoms with Crippen LogP contribution in [0.3, 0.4) is 0 Å². The molecule has 0 saturated carbocycles. The van der Waals surface area contributed by atoms with Crippen molar-refractivity contribution in [1.29, 1.82) is 0 Å². The van der Waals surface area contributed by atoms with Crippen LogP contribution in [0.15, 0.2) is 78.2 Å². The van der Waals surface area contributed by atoms with Crippen LogP contribution < -0.4 is 10.1 Å². The van der Waals surface area contributed by atoms with Crippen molar-refractivity contribution in [2.75, 3.05) is 0 Å². The van der Waals surface area contributed by atoms with Crippen LogP contribution in [0, 0.1) is 0 Å². The Morgan fingerprint density at radius 1 is 0.857 bits per heavy atom. The average molecular weight is 430 g/mol. The van der Waals surface area contributed by atoms with Crippen molar-refractivity contribution >= 4 is 46.1 Å². The Morgan fingerprint density at radius 3 is 2.46 bits per heavy atom. The number of hydrogen-bond donors (Lipinski definition) is 1. The maximum absolute atomic E-state index is 6.18. The first-order valence-electron chi connectivity index (χ1n) is 8.90. The fourth-order valence-corrected chi connectivity index (χ4v) is 3.90. The lowest BCUT2D eigenvalue weighted by Crippen LogP contribution is -2.13. The van der Waals surface area contributed by atoms with Crippen LogP contribution in [0.4, 0.5) is 0 Å². The molecule has 1 N–H and O–H groups in total. The zero-order valence-electron chi connectivity index (χ0n) is 15.2. The van der Waals surface area contributed by atoms with Gasteiger partial charge in [-0.2, -0.15) is 0 Å². The summed E-state index contributed by atoms with van der Waals surface area (Å²) in [6.07, 6.45) is 0. The molecule has 0 spiro atoms. The molecule has 144 valence electrons. The molecule has 0 amide bonds. The topological polar surface area (TPSA) is 21.3 Å². The van der Waals surface area contributed by atoms with E-state index in [4.69, 9.17) is 16.3 Å². The summed E-state index contributed by atoms with van der Waals surface area (Å²) in [4.78, 5) is 1.33. The molecule has 28 heavy (non-hydrogen) atoms. The van der Waals surface area contributed by atoms with E-state index in [9.17, 15) is 0 Å². The van der Waals surface area contributed by atoms with Crippen molar-refractivity contribution in [2.45, 2.75) is 19.7 Å². The Balaban J connectivity index is 0.00000225. The first-order valence-corrected chi connectivity index (χ1v) is 10.2. The van der Waals surface area contributed by atoms with Gasteiger partial charge < -0.3 is 10.1 Å². The van der Waals surface area contributed by atoms with E-state index in [1.54, 1.807) is 11.3 Å². The molecule has 0 radical (unpaired) electrons. The molecule has 0 bridgehead atoms. The first-order chi connectivity index (χ1) is 13.3.